The Hall–Kier alpha value is -4.39. The van der Waals surface area contributed by atoms with E-state index in [0.717, 1.165) is 15.7 Å². The van der Waals surface area contributed by atoms with Crippen LogP contribution in [-0.4, -0.2) is 15.0 Å². The van der Waals surface area contributed by atoms with Crippen LogP contribution >= 0.6 is 0 Å². The monoisotopic (exact) mass is 453 g/mol. The quantitative estimate of drug-likeness (QED) is 0.419. The fourth-order valence-corrected chi connectivity index (χ4v) is 4.19. The van der Waals surface area contributed by atoms with E-state index in [1.807, 2.05) is 55.5 Å². The molecule has 170 valence electrons. The Kier molecular flexibility index (Phi) is 5.59. The van der Waals surface area contributed by atoms with E-state index in [9.17, 15) is 14.4 Å². The summed E-state index contributed by atoms with van der Waals surface area (Å²) in [4.78, 5) is 39.7. The van der Waals surface area contributed by atoms with Crippen LogP contribution in [0.2, 0.25) is 0 Å². The lowest BCUT2D eigenvalue weighted by atomic mass is 10.1. The van der Waals surface area contributed by atoms with E-state index in [-0.39, 0.29) is 24.6 Å². The Labute approximate surface area is 194 Å². The van der Waals surface area contributed by atoms with E-state index >= 15 is 0 Å². The molecule has 0 saturated heterocycles. The number of hydrogen-bond donors (Lipinski definition) is 1. The number of nitrogens with zero attached hydrogens (tertiary/aromatic N) is 2. The summed E-state index contributed by atoms with van der Waals surface area (Å²) in [6.07, 6.45) is 0.497. The summed E-state index contributed by atoms with van der Waals surface area (Å²) >= 11 is 0. The number of amides is 1. The van der Waals surface area contributed by atoms with Gasteiger partial charge in [-0.1, -0.05) is 54.6 Å². The molecule has 2 aromatic heterocycles. The molecule has 34 heavy (non-hydrogen) atoms. The molecule has 0 radical (unpaired) electrons. The second-order valence-electron chi connectivity index (χ2n) is 8.25. The third-order valence-corrected chi connectivity index (χ3v) is 5.81. The molecule has 0 aliphatic carbocycles. The molecule has 0 unspecified atom stereocenters. The lowest BCUT2D eigenvalue weighted by Gasteiger charge is -2.12. The molecule has 3 aromatic carbocycles. The lowest BCUT2D eigenvalue weighted by molar-refractivity contribution is -0.116. The summed E-state index contributed by atoms with van der Waals surface area (Å²) in [5.74, 6) is -0.368. The minimum atomic E-state index is -0.542. The standard InChI is InChI=1S/C27H23N3O4/c1-18-8-7-11-20(16-18)28-23(31)17-30-24-21-12-5-6-13-22(21)34-25(24)26(32)29(27(30)33)15-14-19-9-3-2-4-10-19/h2-13,16H,14-15,17H2,1H3,(H,28,31). The van der Waals surface area contributed by atoms with Crippen molar-refractivity contribution in [3.8, 4) is 0 Å². The first-order chi connectivity index (χ1) is 16.5. The van der Waals surface area contributed by atoms with Gasteiger partial charge < -0.3 is 9.73 Å². The molecular formula is C27H23N3O4. The Bertz CT molecular complexity index is 1630. The van der Waals surface area contributed by atoms with Gasteiger partial charge in [-0.05, 0) is 48.7 Å². The van der Waals surface area contributed by atoms with Crippen molar-refractivity contribution in [3.63, 3.8) is 0 Å². The van der Waals surface area contributed by atoms with Gasteiger partial charge in [0, 0.05) is 17.6 Å². The first kappa shape index (κ1) is 21.5. The van der Waals surface area contributed by atoms with Crippen molar-refractivity contribution in [2.24, 2.45) is 0 Å². The van der Waals surface area contributed by atoms with Crippen molar-refractivity contribution in [2.75, 3.05) is 5.32 Å². The highest BCUT2D eigenvalue weighted by molar-refractivity contribution is 6.03. The molecule has 1 amide bonds. The Morgan fingerprint density at radius 1 is 0.912 bits per heavy atom. The molecule has 7 heteroatoms. The number of nitrogens with one attached hydrogen (secondary N) is 1. The molecule has 7 nitrogen and oxygen atoms in total. The molecular weight excluding hydrogens is 430 g/mol. The van der Waals surface area contributed by atoms with E-state index in [4.69, 9.17) is 4.42 Å². The maximum atomic E-state index is 13.5. The van der Waals surface area contributed by atoms with E-state index in [1.54, 1.807) is 30.3 Å². The number of aryl methyl sites for hydroxylation is 2. The Morgan fingerprint density at radius 3 is 2.47 bits per heavy atom. The van der Waals surface area contributed by atoms with Crippen LogP contribution in [0.25, 0.3) is 22.1 Å². The van der Waals surface area contributed by atoms with E-state index < -0.39 is 11.2 Å². The number of fused-ring (bicyclic) bond motifs is 3. The topological polar surface area (TPSA) is 86.2 Å². The second-order valence-corrected chi connectivity index (χ2v) is 8.25. The summed E-state index contributed by atoms with van der Waals surface area (Å²) in [6, 6.07) is 24.2. The predicted octanol–water partition coefficient (Wildman–Crippen LogP) is 4.10. The van der Waals surface area contributed by atoms with E-state index in [0.29, 0.717) is 28.6 Å². The SMILES string of the molecule is Cc1cccc(NC(=O)Cn2c(=O)n(CCc3ccccc3)c(=O)c3oc4ccccc4c32)c1. The van der Waals surface area contributed by atoms with Gasteiger partial charge >= 0.3 is 5.69 Å². The van der Waals surface area contributed by atoms with Crippen LogP contribution in [0.15, 0.2) is 92.9 Å². The fourth-order valence-electron chi connectivity index (χ4n) is 4.19. The van der Waals surface area contributed by atoms with Crippen LogP contribution in [0.4, 0.5) is 5.69 Å². The van der Waals surface area contributed by atoms with Gasteiger partial charge in [0.05, 0.1) is 0 Å². The van der Waals surface area contributed by atoms with Crippen molar-refractivity contribution in [3.05, 3.63) is 111 Å². The van der Waals surface area contributed by atoms with Crippen LogP contribution in [0, 0.1) is 6.92 Å². The molecule has 0 aliphatic heterocycles. The number of carbonyl (C=O) groups is 1. The fraction of sp³-hybridized carbons (Fsp3) is 0.148. The van der Waals surface area contributed by atoms with Crippen molar-refractivity contribution in [1.29, 1.82) is 0 Å². The molecule has 1 N–H and O–H groups in total. The number of hydrogen-bond acceptors (Lipinski definition) is 4. The van der Waals surface area contributed by atoms with Crippen LogP contribution in [-0.2, 0) is 24.3 Å². The van der Waals surface area contributed by atoms with Gasteiger partial charge in [-0.25, -0.2) is 4.79 Å². The van der Waals surface area contributed by atoms with Crippen molar-refractivity contribution in [1.82, 2.24) is 9.13 Å². The third kappa shape index (κ3) is 4.03. The number of anilines is 1. The molecule has 0 bridgehead atoms. The highest BCUT2D eigenvalue weighted by Crippen LogP contribution is 2.25. The van der Waals surface area contributed by atoms with Crippen LogP contribution in [0.1, 0.15) is 11.1 Å². The lowest BCUT2D eigenvalue weighted by Crippen LogP contribution is -2.41. The highest BCUT2D eigenvalue weighted by Gasteiger charge is 2.21. The van der Waals surface area contributed by atoms with Gasteiger partial charge in [-0.15, -0.1) is 0 Å². The molecule has 0 atom stereocenters. The summed E-state index contributed by atoms with van der Waals surface area (Å²) in [5.41, 5.74) is 2.50. The number of benzene rings is 3. The van der Waals surface area contributed by atoms with Gasteiger partial charge in [0.15, 0.2) is 0 Å². The summed E-state index contributed by atoms with van der Waals surface area (Å²) in [6.45, 7) is 1.86. The first-order valence-corrected chi connectivity index (χ1v) is 11.1. The molecule has 2 heterocycles. The zero-order chi connectivity index (χ0) is 23.7. The van der Waals surface area contributed by atoms with E-state index in [1.165, 1.54) is 4.57 Å². The minimum Gasteiger partial charge on any atom is -0.449 e. The number of rotatable bonds is 6. The third-order valence-electron chi connectivity index (χ3n) is 5.81. The van der Waals surface area contributed by atoms with Crippen molar-refractivity contribution >= 4 is 33.7 Å². The second kappa shape index (κ2) is 8.86. The average Bonchev–Trinajstić information content (AvgIpc) is 3.22. The Balaban J connectivity index is 1.60. The zero-order valence-corrected chi connectivity index (χ0v) is 18.7. The minimum absolute atomic E-state index is 0.0669. The summed E-state index contributed by atoms with van der Waals surface area (Å²) in [7, 11) is 0. The molecule has 0 fully saturated rings. The van der Waals surface area contributed by atoms with Crippen molar-refractivity contribution < 1.29 is 9.21 Å². The van der Waals surface area contributed by atoms with Crippen LogP contribution in [0.3, 0.4) is 0 Å². The van der Waals surface area contributed by atoms with Gasteiger partial charge in [0.2, 0.25) is 11.5 Å². The van der Waals surface area contributed by atoms with Gasteiger partial charge in [-0.3, -0.25) is 18.7 Å². The summed E-state index contributed by atoms with van der Waals surface area (Å²) < 4.78 is 8.34. The normalized spacial score (nSPS) is 11.2. The molecule has 0 aliphatic rings. The van der Waals surface area contributed by atoms with Crippen LogP contribution in [0.5, 0.6) is 0 Å². The molecule has 5 aromatic rings. The maximum absolute atomic E-state index is 13.5. The number of carbonyl (C=O) groups excluding carboxylic acids is 1. The van der Waals surface area contributed by atoms with Gasteiger partial charge in [0.25, 0.3) is 5.56 Å². The number of aromatic nitrogens is 2. The molecule has 5 rings (SSSR count). The zero-order valence-electron chi connectivity index (χ0n) is 18.7. The predicted molar refractivity (Wildman–Crippen MR) is 132 cm³/mol. The number of para-hydroxylation sites is 1. The smallest absolute Gasteiger partial charge is 0.332 e. The van der Waals surface area contributed by atoms with Crippen LogP contribution < -0.4 is 16.6 Å². The summed E-state index contributed by atoms with van der Waals surface area (Å²) in [5, 5.41) is 3.45. The van der Waals surface area contributed by atoms with E-state index in [2.05, 4.69) is 5.32 Å². The Morgan fingerprint density at radius 2 is 1.68 bits per heavy atom. The average molecular weight is 453 g/mol. The highest BCUT2D eigenvalue weighted by atomic mass is 16.3. The molecule has 0 spiro atoms. The van der Waals surface area contributed by atoms with Gasteiger partial charge in [-0.2, -0.15) is 0 Å². The van der Waals surface area contributed by atoms with Crippen molar-refractivity contribution in [2.45, 2.75) is 26.4 Å². The number of furan rings is 1. The van der Waals surface area contributed by atoms with Gasteiger partial charge in [0.1, 0.15) is 17.6 Å². The molecule has 0 saturated carbocycles. The largest absolute Gasteiger partial charge is 0.449 e. The maximum Gasteiger partial charge on any atom is 0.332 e. The first-order valence-electron chi connectivity index (χ1n) is 11.1.